The monoisotopic (exact) mass is 222 g/mol. The number of aliphatic hydroxyl groups excluding tert-OH is 1. The van der Waals surface area contributed by atoms with Crippen molar-refractivity contribution in [2.45, 2.75) is 40.2 Å². The highest BCUT2D eigenvalue weighted by molar-refractivity contribution is 5.64. The molecule has 0 aliphatic carbocycles. The number of aromatic nitrogens is 2. The molecule has 1 heterocycles. The lowest BCUT2D eigenvalue weighted by atomic mass is 9.85. The van der Waals surface area contributed by atoms with Gasteiger partial charge in [-0.05, 0) is 29.9 Å². The van der Waals surface area contributed by atoms with E-state index in [0.29, 0.717) is 0 Å². The van der Waals surface area contributed by atoms with Crippen molar-refractivity contribution in [3.63, 3.8) is 0 Å². The maximum Gasteiger partial charge on any atom is 0.0641 e. The molecule has 0 spiro atoms. The zero-order valence-electron chi connectivity index (χ0n) is 10.5. The van der Waals surface area contributed by atoms with Gasteiger partial charge < -0.3 is 5.11 Å². The minimum atomic E-state index is 0.0642. The number of aryl methyl sites for hydroxylation is 1. The molecule has 0 bridgehead atoms. The first-order valence-corrected chi connectivity index (χ1v) is 5.79. The summed E-state index contributed by atoms with van der Waals surface area (Å²) in [5.74, 6) is 0. The Balaban J connectivity index is 2.74. The van der Waals surface area contributed by atoms with Gasteiger partial charge >= 0.3 is 0 Å². The molecule has 90 valence electrons. The Bertz CT molecular complexity index is 347. The van der Waals surface area contributed by atoms with Crippen LogP contribution in [0.15, 0.2) is 18.8 Å². The molecule has 0 amide bonds. The fourth-order valence-corrected chi connectivity index (χ4v) is 1.52. The molecule has 0 atom stereocenters. The maximum atomic E-state index is 8.76. The van der Waals surface area contributed by atoms with Gasteiger partial charge in [0.15, 0.2) is 0 Å². The quantitative estimate of drug-likeness (QED) is 0.778. The molecule has 16 heavy (non-hydrogen) atoms. The van der Waals surface area contributed by atoms with E-state index in [1.807, 2.05) is 16.9 Å². The highest BCUT2D eigenvalue weighted by Crippen LogP contribution is 2.31. The van der Waals surface area contributed by atoms with Crippen molar-refractivity contribution in [2.75, 3.05) is 6.61 Å². The second kappa shape index (κ2) is 5.30. The predicted molar refractivity (Wildman–Crippen MR) is 67.0 cm³/mol. The summed E-state index contributed by atoms with van der Waals surface area (Å²) in [6, 6.07) is 2.01. The summed E-state index contributed by atoms with van der Waals surface area (Å²) in [6.45, 7) is 11.7. The topological polar surface area (TPSA) is 38.0 Å². The molecule has 0 saturated heterocycles. The van der Waals surface area contributed by atoms with Gasteiger partial charge in [0.2, 0.25) is 0 Å². The summed E-state index contributed by atoms with van der Waals surface area (Å²) >= 11 is 0. The number of aliphatic hydroxyl groups is 1. The van der Waals surface area contributed by atoms with Gasteiger partial charge in [-0.15, -0.1) is 0 Å². The summed E-state index contributed by atoms with van der Waals surface area (Å²) in [4.78, 5) is 0. The van der Waals surface area contributed by atoms with Crippen molar-refractivity contribution >= 4 is 5.57 Å². The van der Waals surface area contributed by atoms with Crippen molar-refractivity contribution in [2.24, 2.45) is 5.41 Å². The van der Waals surface area contributed by atoms with Crippen molar-refractivity contribution in [1.82, 2.24) is 9.78 Å². The Morgan fingerprint density at radius 1 is 1.44 bits per heavy atom. The van der Waals surface area contributed by atoms with Crippen LogP contribution >= 0.6 is 0 Å². The van der Waals surface area contributed by atoms with Crippen LogP contribution in [0.2, 0.25) is 0 Å². The number of unbranched alkanes of at least 4 members (excludes halogenated alkanes) is 1. The number of hydrogen-bond acceptors (Lipinski definition) is 2. The molecule has 1 rings (SSSR count). The number of rotatable bonds is 5. The molecule has 0 saturated carbocycles. The van der Waals surface area contributed by atoms with Gasteiger partial charge in [-0.1, -0.05) is 27.4 Å². The Labute approximate surface area is 97.8 Å². The highest BCUT2D eigenvalue weighted by atomic mass is 16.2. The van der Waals surface area contributed by atoms with Crippen molar-refractivity contribution < 1.29 is 5.11 Å². The standard InChI is InChI=1S/C13H22N2O/c1-11(13(2,3)4)12-7-8-14-15(12)9-5-6-10-16/h7-8,16H,1,5-6,9-10H2,2-4H3. The highest BCUT2D eigenvalue weighted by Gasteiger charge is 2.19. The van der Waals surface area contributed by atoms with Gasteiger partial charge in [0, 0.05) is 19.3 Å². The largest absolute Gasteiger partial charge is 0.396 e. The Hall–Kier alpha value is -1.09. The summed E-state index contributed by atoms with van der Waals surface area (Å²) in [5, 5.41) is 13.1. The Kier molecular flexibility index (Phi) is 4.30. The summed E-state index contributed by atoms with van der Waals surface area (Å²) in [7, 11) is 0. The van der Waals surface area contributed by atoms with E-state index in [4.69, 9.17) is 5.11 Å². The van der Waals surface area contributed by atoms with E-state index in [1.165, 1.54) is 0 Å². The molecule has 0 aliphatic rings. The summed E-state index contributed by atoms with van der Waals surface area (Å²) in [6.07, 6.45) is 3.58. The average molecular weight is 222 g/mol. The van der Waals surface area contributed by atoms with E-state index >= 15 is 0 Å². The van der Waals surface area contributed by atoms with Crippen LogP contribution in [0.3, 0.4) is 0 Å². The van der Waals surface area contributed by atoms with Crippen LogP contribution in [0.25, 0.3) is 5.57 Å². The maximum absolute atomic E-state index is 8.76. The molecular formula is C13H22N2O. The molecule has 3 heteroatoms. The minimum absolute atomic E-state index is 0.0642. The third-order valence-electron chi connectivity index (χ3n) is 2.71. The van der Waals surface area contributed by atoms with E-state index in [0.717, 1.165) is 30.7 Å². The molecule has 1 aromatic rings. The van der Waals surface area contributed by atoms with E-state index < -0.39 is 0 Å². The lowest BCUT2D eigenvalue weighted by Gasteiger charge is -2.22. The van der Waals surface area contributed by atoms with Gasteiger partial charge in [0.1, 0.15) is 0 Å². The normalized spacial score (nSPS) is 11.8. The SMILES string of the molecule is C=C(c1ccnn1CCCCO)C(C)(C)C. The first-order chi connectivity index (χ1) is 7.46. The molecule has 1 N–H and O–H groups in total. The van der Waals surface area contributed by atoms with E-state index in [2.05, 4.69) is 32.4 Å². The van der Waals surface area contributed by atoms with Gasteiger partial charge in [-0.2, -0.15) is 5.10 Å². The second-order valence-electron chi connectivity index (χ2n) is 5.10. The average Bonchev–Trinajstić information content (AvgIpc) is 2.64. The molecule has 0 aromatic carbocycles. The zero-order chi connectivity index (χ0) is 12.2. The third-order valence-corrected chi connectivity index (χ3v) is 2.71. The molecule has 0 radical (unpaired) electrons. The smallest absolute Gasteiger partial charge is 0.0641 e. The first kappa shape index (κ1) is 13.0. The number of hydrogen-bond donors (Lipinski definition) is 1. The Morgan fingerprint density at radius 2 is 2.12 bits per heavy atom. The molecule has 0 fully saturated rings. The van der Waals surface area contributed by atoms with Crippen molar-refractivity contribution in [1.29, 1.82) is 0 Å². The molecule has 3 nitrogen and oxygen atoms in total. The van der Waals surface area contributed by atoms with Gasteiger partial charge in [0.05, 0.1) is 5.69 Å². The molecule has 1 aromatic heterocycles. The summed E-state index contributed by atoms with van der Waals surface area (Å²) < 4.78 is 1.98. The molecular weight excluding hydrogens is 200 g/mol. The van der Waals surface area contributed by atoms with Crippen LogP contribution in [0, 0.1) is 5.41 Å². The fraction of sp³-hybridized carbons (Fsp3) is 0.615. The van der Waals surface area contributed by atoms with Crippen molar-refractivity contribution in [3.8, 4) is 0 Å². The van der Waals surface area contributed by atoms with E-state index in [9.17, 15) is 0 Å². The van der Waals surface area contributed by atoms with Gasteiger partial charge in [-0.3, -0.25) is 4.68 Å². The number of allylic oxidation sites excluding steroid dienone is 1. The Morgan fingerprint density at radius 3 is 2.69 bits per heavy atom. The van der Waals surface area contributed by atoms with Gasteiger partial charge in [0.25, 0.3) is 0 Å². The van der Waals surface area contributed by atoms with Crippen LogP contribution in [0.4, 0.5) is 0 Å². The molecule has 0 unspecified atom stereocenters. The van der Waals surface area contributed by atoms with Crippen LogP contribution < -0.4 is 0 Å². The lowest BCUT2D eigenvalue weighted by Crippen LogP contribution is -2.13. The first-order valence-electron chi connectivity index (χ1n) is 5.79. The second-order valence-corrected chi connectivity index (χ2v) is 5.10. The van der Waals surface area contributed by atoms with Crippen LogP contribution in [-0.2, 0) is 6.54 Å². The predicted octanol–water partition coefficient (Wildman–Crippen LogP) is 2.71. The minimum Gasteiger partial charge on any atom is -0.396 e. The summed E-state index contributed by atoms with van der Waals surface area (Å²) in [5.41, 5.74) is 2.27. The van der Waals surface area contributed by atoms with Crippen molar-refractivity contribution in [3.05, 3.63) is 24.5 Å². The number of nitrogens with zero attached hydrogens (tertiary/aromatic N) is 2. The van der Waals surface area contributed by atoms with Crippen LogP contribution in [0.1, 0.15) is 39.3 Å². The van der Waals surface area contributed by atoms with Gasteiger partial charge in [-0.25, -0.2) is 0 Å². The third kappa shape index (κ3) is 3.20. The molecule has 0 aliphatic heterocycles. The van der Waals surface area contributed by atoms with E-state index in [1.54, 1.807) is 0 Å². The fourth-order valence-electron chi connectivity index (χ4n) is 1.52. The van der Waals surface area contributed by atoms with E-state index in [-0.39, 0.29) is 12.0 Å². The lowest BCUT2D eigenvalue weighted by molar-refractivity contribution is 0.280. The van der Waals surface area contributed by atoms with Crippen LogP contribution in [-0.4, -0.2) is 21.5 Å². The zero-order valence-corrected chi connectivity index (χ0v) is 10.5. The van der Waals surface area contributed by atoms with Crippen LogP contribution in [0.5, 0.6) is 0 Å².